The molecule has 0 unspecified atom stereocenters. The fourth-order valence-corrected chi connectivity index (χ4v) is 2.37. The maximum absolute atomic E-state index is 4.47. The summed E-state index contributed by atoms with van der Waals surface area (Å²) in [5.41, 5.74) is 5.90. The van der Waals surface area contributed by atoms with Crippen LogP contribution in [-0.4, -0.2) is 16.2 Å². The zero-order chi connectivity index (χ0) is 16.1. The van der Waals surface area contributed by atoms with Crippen molar-refractivity contribution in [2.75, 3.05) is 5.43 Å². The van der Waals surface area contributed by atoms with Gasteiger partial charge in [0.2, 0.25) is 0 Å². The van der Waals surface area contributed by atoms with Crippen molar-refractivity contribution in [1.29, 1.82) is 0 Å². The fourth-order valence-electron chi connectivity index (χ4n) is 2.10. The first kappa shape index (κ1) is 15.4. The molecule has 114 valence electrons. The molecule has 4 nitrogen and oxygen atoms in total. The van der Waals surface area contributed by atoms with E-state index in [4.69, 9.17) is 0 Å². The number of aromatic nitrogens is 2. The third kappa shape index (κ3) is 4.23. The first-order chi connectivity index (χ1) is 11.2. The summed E-state index contributed by atoms with van der Waals surface area (Å²) in [6.45, 7) is 1.87. The Morgan fingerprint density at radius 1 is 1.00 bits per heavy atom. The number of hydrogen-bond donors (Lipinski definition) is 1. The first-order valence-electron chi connectivity index (χ1n) is 7.16. The second kappa shape index (κ2) is 7.15. The van der Waals surface area contributed by atoms with Crippen molar-refractivity contribution in [2.45, 2.75) is 6.92 Å². The van der Waals surface area contributed by atoms with E-state index in [1.807, 2.05) is 67.6 Å². The molecule has 0 atom stereocenters. The zero-order valence-corrected chi connectivity index (χ0v) is 14.2. The molecule has 0 aliphatic heterocycles. The monoisotopic (exact) mass is 366 g/mol. The molecule has 1 heterocycles. The van der Waals surface area contributed by atoms with Crippen LogP contribution in [0.5, 0.6) is 0 Å². The number of anilines is 1. The molecule has 0 bridgehead atoms. The van der Waals surface area contributed by atoms with Crippen molar-refractivity contribution >= 4 is 28.0 Å². The van der Waals surface area contributed by atoms with Gasteiger partial charge in [0.15, 0.2) is 0 Å². The van der Waals surface area contributed by atoms with Crippen LogP contribution in [0.4, 0.5) is 5.82 Å². The smallest absolute Gasteiger partial charge is 0.150 e. The molecule has 0 saturated heterocycles. The lowest BCUT2D eigenvalue weighted by Crippen LogP contribution is -1.98. The van der Waals surface area contributed by atoms with Crippen LogP contribution in [0, 0.1) is 6.92 Å². The van der Waals surface area contributed by atoms with Gasteiger partial charge in [-0.1, -0.05) is 58.4 Å². The Kier molecular flexibility index (Phi) is 4.78. The van der Waals surface area contributed by atoms with E-state index in [1.54, 1.807) is 6.21 Å². The minimum Gasteiger partial charge on any atom is -0.261 e. The molecule has 3 rings (SSSR count). The highest BCUT2D eigenvalue weighted by Gasteiger charge is 2.03. The van der Waals surface area contributed by atoms with Crippen molar-refractivity contribution < 1.29 is 0 Å². The minimum atomic E-state index is 0.671. The van der Waals surface area contributed by atoms with Crippen LogP contribution in [-0.2, 0) is 0 Å². The number of hydrogen-bond acceptors (Lipinski definition) is 4. The molecule has 0 aliphatic carbocycles. The van der Waals surface area contributed by atoms with Gasteiger partial charge in [0.1, 0.15) is 11.6 Å². The number of hydrazone groups is 1. The summed E-state index contributed by atoms with van der Waals surface area (Å²) in [6, 6.07) is 19.8. The highest BCUT2D eigenvalue weighted by molar-refractivity contribution is 9.10. The number of aryl methyl sites for hydroxylation is 1. The lowest BCUT2D eigenvalue weighted by atomic mass is 10.1. The van der Waals surface area contributed by atoms with Crippen molar-refractivity contribution in [1.82, 2.24) is 9.97 Å². The van der Waals surface area contributed by atoms with Gasteiger partial charge in [-0.05, 0) is 24.6 Å². The van der Waals surface area contributed by atoms with Gasteiger partial charge in [0, 0.05) is 16.1 Å². The molecule has 1 aromatic heterocycles. The van der Waals surface area contributed by atoms with Crippen LogP contribution >= 0.6 is 15.9 Å². The lowest BCUT2D eigenvalue weighted by molar-refractivity contribution is 1.05. The molecular formula is C18H15BrN4. The number of halogens is 1. The van der Waals surface area contributed by atoms with E-state index >= 15 is 0 Å². The summed E-state index contributed by atoms with van der Waals surface area (Å²) < 4.78 is 1.04. The fraction of sp³-hybridized carbons (Fsp3) is 0.0556. The van der Waals surface area contributed by atoms with E-state index in [2.05, 4.69) is 36.4 Å². The second-order valence-electron chi connectivity index (χ2n) is 4.97. The average Bonchev–Trinajstić information content (AvgIpc) is 2.57. The molecule has 23 heavy (non-hydrogen) atoms. The van der Waals surface area contributed by atoms with Crippen LogP contribution < -0.4 is 5.43 Å². The van der Waals surface area contributed by atoms with E-state index in [0.29, 0.717) is 11.6 Å². The highest BCUT2D eigenvalue weighted by Crippen LogP contribution is 2.19. The summed E-state index contributed by atoms with van der Waals surface area (Å²) in [7, 11) is 0. The van der Waals surface area contributed by atoms with Gasteiger partial charge in [-0.25, -0.2) is 9.97 Å². The Labute approximate surface area is 143 Å². The summed E-state index contributed by atoms with van der Waals surface area (Å²) in [6.07, 6.45) is 1.76. The van der Waals surface area contributed by atoms with Crippen LogP contribution in [0.15, 0.2) is 70.2 Å². The van der Waals surface area contributed by atoms with E-state index in [0.717, 1.165) is 21.3 Å². The van der Waals surface area contributed by atoms with E-state index in [9.17, 15) is 0 Å². The molecule has 5 heteroatoms. The van der Waals surface area contributed by atoms with Crippen LogP contribution in [0.2, 0.25) is 0 Å². The maximum Gasteiger partial charge on any atom is 0.150 e. The largest absolute Gasteiger partial charge is 0.261 e. The molecule has 0 amide bonds. The molecule has 0 saturated carbocycles. The van der Waals surface area contributed by atoms with Crippen LogP contribution in [0.3, 0.4) is 0 Å². The average molecular weight is 367 g/mol. The third-order valence-electron chi connectivity index (χ3n) is 3.17. The van der Waals surface area contributed by atoms with Gasteiger partial charge in [-0.15, -0.1) is 0 Å². The van der Waals surface area contributed by atoms with Crippen LogP contribution in [0.1, 0.15) is 11.4 Å². The van der Waals surface area contributed by atoms with Crippen molar-refractivity contribution in [3.05, 3.63) is 76.5 Å². The van der Waals surface area contributed by atoms with Crippen LogP contribution in [0.25, 0.3) is 11.3 Å². The van der Waals surface area contributed by atoms with E-state index < -0.39 is 0 Å². The SMILES string of the molecule is Cc1nc(N/N=C/c2ccc(Br)cc2)cc(-c2ccccc2)n1. The second-order valence-corrected chi connectivity index (χ2v) is 5.89. The Balaban J connectivity index is 1.78. The summed E-state index contributed by atoms with van der Waals surface area (Å²) in [5.74, 6) is 1.37. The normalized spacial score (nSPS) is 10.9. The van der Waals surface area contributed by atoms with Gasteiger partial charge in [0.05, 0.1) is 11.9 Å². The summed E-state index contributed by atoms with van der Waals surface area (Å²) >= 11 is 3.41. The molecule has 0 aliphatic rings. The molecule has 2 aromatic carbocycles. The highest BCUT2D eigenvalue weighted by atomic mass is 79.9. The molecule has 0 fully saturated rings. The van der Waals surface area contributed by atoms with Gasteiger partial charge in [-0.3, -0.25) is 5.43 Å². The van der Waals surface area contributed by atoms with Gasteiger partial charge in [0.25, 0.3) is 0 Å². The third-order valence-corrected chi connectivity index (χ3v) is 3.70. The van der Waals surface area contributed by atoms with E-state index in [1.165, 1.54) is 0 Å². The van der Waals surface area contributed by atoms with Crippen molar-refractivity contribution in [2.24, 2.45) is 5.10 Å². The number of rotatable bonds is 4. The molecule has 0 spiro atoms. The Morgan fingerprint density at radius 2 is 1.74 bits per heavy atom. The maximum atomic E-state index is 4.47. The van der Waals surface area contributed by atoms with Gasteiger partial charge >= 0.3 is 0 Å². The van der Waals surface area contributed by atoms with E-state index in [-0.39, 0.29) is 0 Å². The Hall–Kier alpha value is -2.53. The summed E-state index contributed by atoms with van der Waals surface area (Å²) in [4.78, 5) is 8.83. The van der Waals surface area contributed by atoms with Gasteiger partial charge in [-0.2, -0.15) is 5.10 Å². The summed E-state index contributed by atoms with van der Waals surface area (Å²) in [5, 5.41) is 4.24. The first-order valence-corrected chi connectivity index (χ1v) is 7.96. The van der Waals surface area contributed by atoms with Crippen molar-refractivity contribution in [3.8, 4) is 11.3 Å². The Bertz CT molecular complexity index is 814. The molecule has 0 radical (unpaired) electrons. The Morgan fingerprint density at radius 3 is 2.48 bits per heavy atom. The van der Waals surface area contributed by atoms with Gasteiger partial charge < -0.3 is 0 Å². The van der Waals surface area contributed by atoms with Crippen molar-refractivity contribution in [3.63, 3.8) is 0 Å². The predicted octanol–water partition coefficient (Wildman–Crippen LogP) is 4.66. The predicted molar refractivity (Wildman–Crippen MR) is 97.6 cm³/mol. The lowest BCUT2D eigenvalue weighted by Gasteiger charge is -2.05. The number of nitrogens with one attached hydrogen (secondary N) is 1. The molecular weight excluding hydrogens is 352 g/mol. The quantitative estimate of drug-likeness (QED) is 0.539. The minimum absolute atomic E-state index is 0.671. The molecule has 3 aromatic rings. The zero-order valence-electron chi connectivity index (χ0n) is 12.6. The topological polar surface area (TPSA) is 50.2 Å². The number of benzene rings is 2. The standard InChI is InChI=1S/C18H15BrN4/c1-13-21-17(15-5-3-2-4-6-15)11-18(22-13)23-20-12-14-7-9-16(19)10-8-14/h2-12H,1H3,(H,21,22,23)/b20-12+. The number of nitrogens with zero attached hydrogens (tertiary/aromatic N) is 3. The molecule has 1 N–H and O–H groups in total.